The van der Waals surface area contributed by atoms with E-state index in [-0.39, 0.29) is 37.4 Å². The van der Waals surface area contributed by atoms with Gasteiger partial charge in [-0.15, -0.1) is 0 Å². The summed E-state index contributed by atoms with van der Waals surface area (Å²) >= 11 is 0. The molecule has 0 saturated heterocycles. The first kappa shape index (κ1) is 19.2. The molecule has 2 N–H and O–H groups in total. The average Bonchev–Trinajstić information content (AvgIpc) is 2.61. The highest BCUT2D eigenvalue weighted by molar-refractivity contribution is 6.10. The number of aliphatic carboxylic acids is 1. The molecular formula is C20H20O6. The smallest absolute Gasteiger partial charge is 0.310 e. The number of carbonyl (C=O) groups is 3. The fourth-order valence-corrected chi connectivity index (χ4v) is 2.59. The van der Waals surface area contributed by atoms with Crippen LogP contribution in [0.3, 0.4) is 0 Å². The molecule has 2 aromatic carbocycles. The molecule has 0 heterocycles. The summed E-state index contributed by atoms with van der Waals surface area (Å²) in [5, 5.41) is 18.7. The van der Waals surface area contributed by atoms with Crippen molar-refractivity contribution in [2.75, 3.05) is 6.61 Å². The number of hydrogen-bond donors (Lipinski definition) is 2. The van der Waals surface area contributed by atoms with Crippen molar-refractivity contribution >= 4 is 17.7 Å². The third-order valence-corrected chi connectivity index (χ3v) is 3.85. The van der Waals surface area contributed by atoms with Crippen LogP contribution in [-0.2, 0) is 27.2 Å². The van der Waals surface area contributed by atoms with E-state index in [1.807, 2.05) is 0 Å². The van der Waals surface area contributed by atoms with E-state index in [4.69, 9.17) is 9.84 Å². The van der Waals surface area contributed by atoms with Gasteiger partial charge in [0.25, 0.3) is 0 Å². The van der Waals surface area contributed by atoms with Gasteiger partial charge in [0.05, 0.1) is 13.0 Å². The summed E-state index contributed by atoms with van der Waals surface area (Å²) in [7, 11) is 0. The number of carbonyl (C=O) groups excluding carboxylic acids is 2. The minimum Gasteiger partial charge on any atom is -0.508 e. The van der Waals surface area contributed by atoms with Crippen LogP contribution in [0.1, 0.15) is 40.4 Å². The van der Waals surface area contributed by atoms with Crippen LogP contribution in [0.15, 0.2) is 42.5 Å². The van der Waals surface area contributed by atoms with Crippen LogP contribution in [0.25, 0.3) is 0 Å². The van der Waals surface area contributed by atoms with Gasteiger partial charge in [-0.05, 0) is 42.7 Å². The summed E-state index contributed by atoms with van der Waals surface area (Å²) < 4.78 is 4.94. The number of aromatic hydroxyl groups is 1. The Hall–Kier alpha value is -3.15. The molecule has 0 spiro atoms. The third-order valence-electron chi connectivity index (χ3n) is 3.85. The molecule has 0 radical (unpaired) electrons. The molecule has 0 unspecified atom stereocenters. The molecule has 2 aromatic rings. The van der Waals surface area contributed by atoms with E-state index in [0.717, 1.165) is 0 Å². The maximum Gasteiger partial charge on any atom is 0.310 e. The van der Waals surface area contributed by atoms with Crippen molar-refractivity contribution < 1.29 is 29.3 Å². The van der Waals surface area contributed by atoms with Crippen LogP contribution >= 0.6 is 0 Å². The second-order valence-electron chi connectivity index (χ2n) is 5.71. The number of esters is 1. The predicted octanol–water partition coefficient (Wildman–Crippen LogP) is 2.75. The van der Waals surface area contributed by atoms with Gasteiger partial charge >= 0.3 is 11.9 Å². The highest BCUT2D eigenvalue weighted by Gasteiger charge is 2.17. The first-order chi connectivity index (χ1) is 12.4. The Morgan fingerprint density at radius 2 is 1.77 bits per heavy atom. The largest absolute Gasteiger partial charge is 0.508 e. The Bertz CT molecular complexity index is 825. The summed E-state index contributed by atoms with van der Waals surface area (Å²) in [6, 6.07) is 11.1. The Balaban J connectivity index is 2.30. The van der Waals surface area contributed by atoms with Gasteiger partial charge < -0.3 is 14.9 Å². The van der Waals surface area contributed by atoms with Crippen LogP contribution in [0, 0.1) is 0 Å². The van der Waals surface area contributed by atoms with Crippen molar-refractivity contribution in [2.24, 2.45) is 0 Å². The summed E-state index contributed by atoms with van der Waals surface area (Å²) in [5.74, 6) is -1.76. The van der Waals surface area contributed by atoms with E-state index in [9.17, 15) is 19.5 Å². The Morgan fingerprint density at radius 1 is 1.04 bits per heavy atom. The topological polar surface area (TPSA) is 101 Å². The van der Waals surface area contributed by atoms with E-state index in [0.29, 0.717) is 22.3 Å². The Kier molecular flexibility index (Phi) is 6.49. The van der Waals surface area contributed by atoms with Gasteiger partial charge in [-0.25, -0.2) is 0 Å². The number of phenolic OH excluding ortho intramolecular Hbond substituents is 1. The van der Waals surface area contributed by atoms with E-state index in [1.54, 1.807) is 31.2 Å². The maximum absolute atomic E-state index is 12.9. The lowest BCUT2D eigenvalue weighted by atomic mass is 9.94. The Labute approximate surface area is 151 Å². The molecule has 2 rings (SSSR count). The highest BCUT2D eigenvalue weighted by atomic mass is 16.5. The number of hydrogen-bond acceptors (Lipinski definition) is 5. The molecule has 0 atom stereocenters. The fraction of sp³-hybridized carbons (Fsp3) is 0.250. The lowest BCUT2D eigenvalue weighted by molar-refractivity contribution is -0.142. The normalized spacial score (nSPS) is 10.3. The molecule has 0 saturated carbocycles. The second-order valence-corrected chi connectivity index (χ2v) is 5.71. The number of ether oxygens (including phenoxy) is 1. The van der Waals surface area contributed by atoms with Gasteiger partial charge in [0.2, 0.25) is 0 Å². The molecule has 26 heavy (non-hydrogen) atoms. The molecule has 6 heteroatoms. The number of phenols is 1. The molecule has 0 amide bonds. The van der Waals surface area contributed by atoms with Crippen molar-refractivity contribution in [1.29, 1.82) is 0 Å². The van der Waals surface area contributed by atoms with Crippen LogP contribution in [0.2, 0.25) is 0 Å². The summed E-state index contributed by atoms with van der Waals surface area (Å²) in [4.78, 5) is 35.3. The monoisotopic (exact) mass is 356 g/mol. The van der Waals surface area contributed by atoms with Crippen molar-refractivity contribution in [1.82, 2.24) is 0 Å². The molecule has 6 nitrogen and oxygen atoms in total. The molecule has 136 valence electrons. The van der Waals surface area contributed by atoms with Gasteiger partial charge in [-0.1, -0.05) is 24.3 Å². The highest BCUT2D eigenvalue weighted by Crippen LogP contribution is 2.23. The van der Waals surface area contributed by atoms with Crippen molar-refractivity contribution in [3.63, 3.8) is 0 Å². The molecule has 0 aliphatic rings. The first-order valence-electron chi connectivity index (χ1n) is 8.24. The second kappa shape index (κ2) is 8.80. The Morgan fingerprint density at radius 3 is 2.46 bits per heavy atom. The van der Waals surface area contributed by atoms with Crippen LogP contribution in [0.5, 0.6) is 5.75 Å². The SMILES string of the molecule is CCOC(=O)Cc1ccccc1C(=O)c1ccc(O)c(CCC(=O)O)c1. The quantitative estimate of drug-likeness (QED) is 0.557. The van der Waals surface area contributed by atoms with Gasteiger partial charge in [0.15, 0.2) is 5.78 Å². The minimum absolute atomic E-state index is 0.0142. The zero-order valence-corrected chi connectivity index (χ0v) is 14.4. The lowest BCUT2D eigenvalue weighted by Crippen LogP contribution is -2.12. The zero-order chi connectivity index (χ0) is 19.1. The van der Waals surface area contributed by atoms with Gasteiger partial charge in [0, 0.05) is 17.5 Å². The average molecular weight is 356 g/mol. The number of carboxylic acid groups (broad SMARTS) is 1. The molecule has 0 aromatic heterocycles. The van der Waals surface area contributed by atoms with Crippen LogP contribution in [0.4, 0.5) is 0 Å². The summed E-state index contributed by atoms with van der Waals surface area (Å²) in [6.45, 7) is 1.98. The van der Waals surface area contributed by atoms with E-state index in [1.165, 1.54) is 18.2 Å². The fourth-order valence-electron chi connectivity index (χ4n) is 2.59. The number of benzene rings is 2. The summed E-state index contributed by atoms with van der Waals surface area (Å²) in [5.41, 5.74) is 1.63. The van der Waals surface area contributed by atoms with Crippen molar-refractivity contribution in [2.45, 2.75) is 26.2 Å². The zero-order valence-electron chi connectivity index (χ0n) is 14.4. The van der Waals surface area contributed by atoms with Crippen LogP contribution in [-0.4, -0.2) is 34.5 Å². The first-order valence-corrected chi connectivity index (χ1v) is 8.24. The van der Waals surface area contributed by atoms with E-state index < -0.39 is 11.9 Å². The van der Waals surface area contributed by atoms with Gasteiger partial charge in [0.1, 0.15) is 5.75 Å². The number of rotatable bonds is 8. The number of carboxylic acids is 1. The number of ketones is 1. The van der Waals surface area contributed by atoms with Gasteiger partial charge in [-0.3, -0.25) is 14.4 Å². The van der Waals surface area contributed by atoms with Crippen LogP contribution < -0.4 is 0 Å². The van der Waals surface area contributed by atoms with E-state index >= 15 is 0 Å². The molecule has 0 fully saturated rings. The van der Waals surface area contributed by atoms with Gasteiger partial charge in [-0.2, -0.15) is 0 Å². The third kappa shape index (κ3) is 4.92. The molecule has 0 bridgehead atoms. The predicted molar refractivity (Wildman–Crippen MR) is 94.3 cm³/mol. The minimum atomic E-state index is -0.985. The molecular weight excluding hydrogens is 336 g/mol. The molecule has 0 aliphatic carbocycles. The molecule has 0 aliphatic heterocycles. The number of aryl methyl sites for hydroxylation is 1. The lowest BCUT2D eigenvalue weighted by Gasteiger charge is -2.10. The summed E-state index contributed by atoms with van der Waals surface area (Å²) in [6.07, 6.45) is -0.0445. The van der Waals surface area contributed by atoms with Crippen molar-refractivity contribution in [3.05, 3.63) is 64.7 Å². The van der Waals surface area contributed by atoms with Crippen molar-refractivity contribution in [3.8, 4) is 5.75 Å². The standard InChI is InChI=1S/C20H20O6/c1-2-26-19(24)12-13-5-3-4-6-16(13)20(25)15-7-9-17(21)14(11-15)8-10-18(22)23/h3-7,9,11,21H,2,8,10,12H2,1H3,(H,22,23). The van der Waals surface area contributed by atoms with E-state index in [2.05, 4.69) is 0 Å². The maximum atomic E-state index is 12.9.